The van der Waals surface area contributed by atoms with Gasteiger partial charge in [-0.2, -0.15) is 0 Å². The van der Waals surface area contributed by atoms with Gasteiger partial charge in [0.25, 0.3) is 5.69 Å². The van der Waals surface area contributed by atoms with Gasteiger partial charge in [-0.15, -0.1) is 0 Å². The molecule has 0 unspecified atom stereocenters. The van der Waals surface area contributed by atoms with Crippen LogP contribution in [0.2, 0.25) is 10.0 Å². The molecule has 0 N–H and O–H groups in total. The van der Waals surface area contributed by atoms with E-state index in [-0.39, 0.29) is 23.9 Å². The molecule has 1 aliphatic carbocycles. The van der Waals surface area contributed by atoms with Crippen molar-refractivity contribution in [3.8, 4) is 17.1 Å². The molecule has 3 aromatic rings. The molecule has 0 atom stereocenters. The minimum absolute atomic E-state index is 0.0560. The lowest BCUT2D eigenvalue weighted by molar-refractivity contribution is -0.385. The first-order chi connectivity index (χ1) is 13.5. The summed E-state index contributed by atoms with van der Waals surface area (Å²) in [6, 6.07) is 8.08. The molecule has 144 valence electrons. The fourth-order valence-corrected chi connectivity index (χ4v) is 3.57. The Bertz CT molecular complexity index is 1040. The van der Waals surface area contributed by atoms with E-state index in [4.69, 9.17) is 32.5 Å². The first-order valence-corrected chi connectivity index (χ1v) is 9.39. The molecule has 1 fully saturated rings. The Morgan fingerprint density at radius 3 is 2.57 bits per heavy atom. The zero-order valence-corrected chi connectivity index (χ0v) is 16.3. The second-order valence-electron chi connectivity index (χ2n) is 6.54. The highest BCUT2D eigenvalue weighted by Crippen LogP contribution is 2.46. The predicted octanol–water partition coefficient (Wildman–Crippen LogP) is 5.72. The topological polar surface area (TPSA) is 91.3 Å². The standard InChI is InChI=1S/C19H15Cl2N3O4/c1-10-15(24(25)26)7-8-16(22-10)27-9-12-18(23-28-19(12)11-5-6-11)17-13(20)3-2-4-14(17)21/h2-4,7-8,11H,5-6,9H2,1H3. The van der Waals surface area contributed by atoms with Gasteiger partial charge in [-0.25, -0.2) is 4.98 Å². The quantitative estimate of drug-likeness (QED) is 0.374. The van der Waals surface area contributed by atoms with Gasteiger partial charge in [0.2, 0.25) is 5.88 Å². The largest absolute Gasteiger partial charge is 0.473 e. The summed E-state index contributed by atoms with van der Waals surface area (Å²) in [6.07, 6.45) is 2.04. The minimum Gasteiger partial charge on any atom is -0.473 e. The lowest BCUT2D eigenvalue weighted by atomic mass is 10.0. The smallest absolute Gasteiger partial charge is 0.290 e. The normalized spacial score (nSPS) is 13.5. The number of benzene rings is 1. The molecule has 4 rings (SSSR count). The average Bonchev–Trinajstić information content (AvgIpc) is 3.40. The Morgan fingerprint density at radius 2 is 1.96 bits per heavy atom. The van der Waals surface area contributed by atoms with Gasteiger partial charge < -0.3 is 9.26 Å². The van der Waals surface area contributed by atoms with Crippen molar-refractivity contribution >= 4 is 28.9 Å². The molecule has 2 heterocycles. The van der Waals surface area contributed by atoms with Gasteiger partial charge in [0, 0.05) is 23.6 Å². The number of rotatable bonds is 6. The molecule has 1 aromatic carbocycles. The summed E-state index contributed by atoms with van der Waals surface area (Å²) in [6.45, 7) is 1.70. The van der Waals surface area contributed by atoms with Gasteiger partial charge in [-0.1, -0.05) is 34.4 Å². The van der Waals surface area contributed by atoms with Crippen molar-refractivity contribution in [3.63, 3.8) is 0 Å². The van der Waals surface area contributed by atoms with Crippen LogP contribution >= 0.6 is 23.2 Å². The third kappa shape index (κ3) is 3.55. The van der Waals surface area contributed by atoms with Crippen molar-refractivity contribution in [2.24, 2.45) is 0 Å². The van der Waals surface area contributed by atoms with Crippen molar-refractivity contribution in [2.45, 2.75) is 32.3 Å². The van der Waals surface area contributed by atoms with Crippen molar-refractivity contribution in [2.75, 3.05) is 0 Å². The third-order valence-electron chi connectivity index (χ3n) is 4.56. The van der Waals surface area contributed by atoms with Crippen LogP contribution in [0.3, 0.4) is 0 Å². The van der Waals surface area contributed by atoms with Crippen LogP contribution in [0.1, 0.15) is 35.8 Å². The van der Waals surface area contributed by atoms with Gasteiger partial charge in [-0.05, 0) is 31.9 Å². The monoisotopic (exact) mass is 419 g/mol. The Balaban J connectivity index is 1.67. The number of nitrogens with zero attached hydrogens (tertiary/aromatic N) is 3. The third-order valence-corrected chi connectivity index (χ3v) is 5.19. The maximum Gasteiger partial charge on any atom is 0.290 e. The van der Waals surface area contributed by atoms with E-state index >= 15 is 0 Å². The van der Waals surface area contributed by atoms with E-state index in [0.29, 0.717) is 27.2 Å². The van der Waals surface area contributed by atoms with Gasteiger partial charge in [0.05, 0.1) is 20.5 Å². The van der Waals surface area contributed by atoms with Crippen LogP contribution in [0, 0.1) is 17.0 Å². The summed E-state index contributed by atoms with van der Waals surface area (Å²) in [7, 11) is 0. The van der Waals surface area contributed by atoms with Crippen LogP contribution in [0.25, 0.3) is 11.3 Å². The lowest BCUT2D eigenvalue weighted by Gasteiger charge is -2.09. The van der Waals surface area contributed by atoms with E-state index in [2.05, 4.69) is 10.1 Å². The summed E-state index contributed by atoms with van der Waals surface area (Å²) in [5, 5.41) is 16.1. The summed E-state index contributed by atoms with van der Waals surface area (Å²) in [4.78, 5) is 14.6. The summed E-state index contributed by atoms with van der Waals surface area (Å²) < 4.78 is 11.4. The maximum absolute atomic E-state index is 10.9. The minimum atomic E-state index is -0.477. The van der Waals surface area contributed by atoms with Crippen LogP contribution in [0.4, 0.5) is 5.69 Å². The van der Waals surface area contributed by atoms with E-state index < -0.39 is 4.92 Å². The van der Waals surface area contributed by atoms with Crippen molar-refractivity contribution in [1.29, 1.82) is 0 Å². The predicted molar refractivity (Wildman–Crippen MR) is 104 cm³/mol. The van der Waals surface area contributed by atoms with Crippen LogP contribution in [0.15, 0.2) is 34.9 Å². The maximum atomic E-state index is 10.9. The first-order valence-electron chi connectivity index (χ1n) is 8.63. The number of hydrogen-bond donors (Lipinski definition) is 0. The SMILES string of the molecule is Cc1nc(OCc2c(-c3c(Cl)cccc3Cl)noc2C2CC2)ccc1[N+](=O)[O-]. The zero-order valence-electron chi connectivity index (χ0n) is 14.8. The number of pyridine rings is 1. The van der Waals surface area contributed by atoms with E-state index in [1.54, 1.807) is 25.1 Å². The average molecular weight is 420 g/mol. The number of nitro groups is 1. The number of aromatic nitrogens is 2. The fraction of sp³-hybridized carbons (Fsp3) is 0.263. The van der Waals surface area contributed by atoms with Crippen molar-refractivity contribution < 1.29 is 14.2 Å². The Morgan fingerprint density at radius 1 is 1.25 bits per heavy atom. The fourth-order valence-electron chi connectivity index (χ4n) is 3.00. The van der Waals surface area contributed by atoms with E-state index in [9.17, 15) is 10.1 Å². The van der Waals surface area contributed by atoms with Gasteiger partial charge in [-0.3, -0.25) is 10.1 Å². The van der Waals surface area contributed by atoms with Crippen LogP contribution in [-0.2, 0) is 6.61 Å². The molecule has 28 heavy (non-hydrogen) atoms. The highest BCUT2D eigenvalue weighted by molar-refractivity contribution is 6.39. The summed E-state index contributed by atoms with van der Waals surface area (Å²) in [5.74, 6) is 1.33. The Kier molecular flexibility index (Phi) is 4.95. The molecule has 0 aliphatic heterocycles. The van der Waals surface area contributed by atoms with Crippen LogP contribution in [0.5, 0.6) is 5.88 Å². The van der Waals surface area contributed by atoms with Gasteiger partial charge in [0.15, 0.2) is 0 Å². The number of hydrogen-bond acceptors (Lipinski definition) is 6. The molecule has 9 heteroatoms. The second-order valence-corrected chi connectivity index (χ2v) is 7.36. The molecule has 0 amide bonds. The van der Waals surface area contributed by atoms with Crippen molar-refractivity contribution in [1.82, 2.24) is 10.1 Å². The molecular weight excluding hydrogens is 405 g/mol. The zero-order chi connectivity index (χ0) is 19.8. The van der Waals surface area contributed by atoms with E-state index in [1.807, 2.05) is 0 Å². The molecule has 0 bridgehead atoms. The lowest BCUT2D eigenvalue weighted by Crippen LogP contribution is -2.02. The van der Waals surface area contributed by atoms with Gasteiger partial charge >= 0.3 is 0 Å². The summed E-state index contributed by atoms with van der Waals surface area (Å²) in [5.41, 5.74) is 2.11. The molecule has 7 nitrogen and oxygen atoms in total. The number of aryl methyl sites for hydroxylation is 1. The molecular formula is C19H15Cl2N3O4. The second kappa shape index (κ2) is 7.41. The summed E-state index contributed by atoms with van der Waals surface area (Å²) >= 11 is 12.7. The molecule has 2 aromatic heterocycles. The first kappa shape index (κ1) is 18.7. The van der Waals surface area contributed by atoms with Gasteiger partial charge in [0.1, 0.15) is 23.8 Å². The molecule has 0 spiro atoms. The van der Waals surface area contributed by atoms with Crippen molar-refractivity contribution in [3.05, 3.63) is 67.5 Å². The molecule has 1 saturated carbocycles. The highest BCUT2D eigenvalue weighted by Gasteiger charge is 2.33. The molecule has 0 saturated heterocycles. The molecule has 0 radical (unpaired) electrons. The van der Waals surface area contributed by atoms with E-state index in [1.165, 1.54) is 12.1 Å². The van der Waals surface area contributed by atoms with Crippen LogP contribution in [-0.4, -0.2) is 15.1 Å². The number of ether oxygens (including phenoxy) is 1. The highest BCUT2D eigenvalue weighted by atomic mass is 35.5. The number of halogens is 2. The van der Waals surface area contributed by atoms with Crippen LogP contribution < -0.4 is 4.74 Å². The Hall–Kier alpha value is -2.64. The Labute approximate surface area is 170 Å². The molecule has 1 aliphatic rings. The van der Waals surface area contributed by atoms with E-state index in [0.717, 1.165) is 24.2 Å².